The lowest BCUT2D eigenvalue weighted by Crippen LogP contribution is -2.36. The Hall–Kier alpha value is -1.76. The van der Waals surface area contributed by atoms with Crippen LogP contribution in [0.3, 0.4) is 0 Å². The van der Waals surface area contributed by atoms with Gasteiger partial charge in [-0.25, -0.2) is 4.79 Å². The monoisotopic (exact) mass is 291 g/mol. The smallest absolute Gasteiger partial charge is 0.401 e. The molecule has 1 N–H and O–H groups in total. The fourth-order valence-electron chi connectivity index (χ4n) is 1.60. The average molecular weight is 291 g/mol. The topological polar surface area (TPSA) is 47.6 Å². The van der Waals surface area contributed by atoms with Crippen LogP contribution in [-0.4, -0.2) is 32.4 Å². The van der Waals surface area contributed by atoms with E-state index in [1.807, 2.05) is 0 Å². The number of esters is 1. The first-order chi connectivity index (χ1) is 9.37. The average Bonchev–Trinajstić information content (AvgIpc) is 2.38. The van der Waals surface area contributed by atoms with E-state index in [-0.39, 0.29) is 6.61 Å². The quantitative estimate of drug-likeness (QED) is 0.818. The first-order valence-electron chi connectivity index (χ1n) is 5.98. The number of hydrogen-bond donors (Lipinski definition) is 1. The van der Waals surface area contributed by atoms with Crippen LogP contribution in [0.2, 0.25) is 0 Å². The summed E-state index contributed by atoms with van der Waals surface area (Å²) in [6, 6.07) is 5.07. The van der Waals surface area contributed by atoms with Crippen molar-refractivity contribution in [2.24, 2.45) is 0 Å². The Kier molecular flexibility index (Phi) is 5.82. The minimum absolute atomic E-state index is 0.0903. The minimum atomic E-state index is -4.41. The van der Waals surface area contributed by atoms with E-state index in [1.165, 1.54) is 19.2 Å². The number of hydrogen-bond acceptors (Lipinski definition) is 4. The van der Waals surface area contributed by atoms with Gasteiger partial charge in [0.05, 0.1) is 20.3 Å². The number of carbonyl (C=O) groups excluding carboxylic acids is 1. The number of alkyl halides is 3. The van der Waals surface area contributed by atoms with Crippen LogP contribution in [-0.2, 0) is 9.53 Å². The number of methoxy groups -OCH3 is 1. The number of carbonyl (C=O) groups is 1. The Labute approximate surface area is 114 Å². The first kappa shape index (κ1) is 16.3. The molecule has 0 heterocycles. The van der Waals surface area contributed by atoms with Crippen molar-refractivity contribution in [2.45, 2.75) is 19.1 Å². The van der Waals surface area contributed by atoms with Gasteiger partial charge in [-0.05, 0) is 24.6 Å². The van der Waals surface area contributed by atoms with Crippen LogP contribution in [0.5, 0.6) is 5.75 Å². The summed E-state index contributed by atoms with van der Waals surface area (Å²) in [5.41, 5.74) is 0.354. The zero-order valence-electron chi connectivity index (χ0n) is 11.2. The third-order valence-electron chi connectivity index (χ3n) is 2.46. The molecule has 1 aromatic rings. The maximum absolute atomic E-state index is 12.3. The predicted octanol–water partition coefficient (Wildman–Crippen LogP) is 2.45. The van der Waals surface area contributed by atoms with E-state index in [4.69, 9.17) is 9.47 Å². The standard InChI is InChI=1S/C13H16F3NO3/c1-3-20-12(18)11(17-8-13(14,15)16)9-5-4-6-10(7-9)19-2/h4-7,11,17H,3,8H2,1-2H3. The van der Waals surface area contributed by atoms with Gasteiger partial charge < -0.3 is 9.47 Å². The van der Waals surface area contributed by atoms with Crippen molar-refractivity contribution in [3.63, 3.8) is 0 Å². The third kappa shape index (κ3) is 5.08. The van der Waals surface area contributed by atoms with Crippen molar-refractivity contribution in [1.29, 1.82) is 0 Å². The lowest BCUT2D eigenvalue weighted by Gasteiger charge is -2.19. The molecule has 20 heavy (non-hydrogen) atoms. The molecule has 112 valence electrons. The highest BCUT2D eigenvalue weighted by Gasteiger charge is 2.31. The van der Waals surface area contributed by atoms with Gasteiger partial charge in [-0.3, -0.25) is 5.32 Å². The van der Waals surface area contributed by atoms with Gasteiger partial charge in [0.15, 0.2) is 0 Å². The van der Waals surface area contributed by atoms with Crippen molar-refractivity contribution < 1.29 is 27.4 Å². The van der Waals surface area contributed by atoms with E-state index in [9.17, 15) is 18.0 Å². The highest BCUT2D eigenvalue weighted by molar-refractivity contribution is 5.77. The molecule has 0 aliphatic carbocycles. The molecule has 0 aromatic heterocycles. The van der Waals surface area contributed by atoms with Crippen LogP contribution in [0.4, 0.5) is 13.2 Å². The molecule has 0 aliphatic heterocycles. The molecule has 0 saturated carbocycles. The van der Waals surface area contributed by atoms with Crippen LogP contribution < -0.4 is 10.1 Å². The Bertz CT molecular complexity index is 449. The van der Waals surface area contributed by atoms with Crippen molar-refractivity contribution in [1.82, 2.24) is 5.32 Å². The van der Waals surface area contributed by atoms with Gasteiger partial charge in [0.25, 0.3) is 0 Å². The van der Waals surface area contributed by atoms with Crippen LogP contribution in [0.1, 0.15) is 18.5 Å². The Morgan fingerprint density at radius 2 is 2.10 bits per heavy atom. The lowest BCUT2D eigenvalue weighted by molar-refractivity contribution is -0.149. The molecule has 0 saturated heterocycles. The SMILES string of the molecule is CCOC(=O)C(NCC(F)(F)F)c1cccc(OC)c1. The maximum Gasteiger partial charge on any atom is 0.401 e. The number of nitrogens with one attached hydrogen (secondary N) is 1. The van der Waals surface area contributed by atoms with Gasteiger partial charge in [0.2, 0.25) is 0 Å². The number of halogens is 3. The summed E-state index contributed by atoms with van der Waals surface area (Å²) in [6.45, 7) is 0.394. The van der Waals surface area contributed by atoms with Gasteiger partial charge in [-0.2, -0.15) is 13.2 Å². The molecule has 0 radical (unpaired) electrons. The van der Waals surface area contributed by atoms with Crippen LogP contribution in [0.15, 0.2) is 24.3 Å². The molecule has 1 aromatic carbocycles. The predicted molar refractivity (Wildman–Crippen MR) is 66.4 cm³/mol. The summed E-state index contributed by atoms with van der Waals surface area (Å²) in [7, 11) is 1.43. The zero-order valence-corrected chi connectivity index (χ0v) is 11.2. The zero-order chi connectivity index (χ0) is 15.2. The summed E-state index contributed by atoms with van der Waals surface area (Å²) >= 11 is 0. The third-order valence-corrected chi connectivity index (χ3v) is 2.46. The number of rotatable bonds is 6. The molecular weight excluding hydrogens is 275 g/mol. The van der Waals surface area contributed by atoms with Gasteiger partial charge >= 0.3 is 12.1 Å². The van der Waals surface area contributed by atoms with E-state index in [2.05, 4.69) is 5.32 Å². The van der Waals surface area contributed by atoms with Crippen molar-refractivity contribution >= 4 is 5.97 Å². The van der Waals surface area contributed by atoms with Gasteiger partial charge in [-0.1, -0.05) is 12.1 Å². The molecule has 0 amide bonds. The molecule has 1 rings (SSSR count). The first-order valence-corrected chi connectivity index (χ1v) is 5.98. The second-order valence-corrected chi connectivity index (χ2v) is 3.96. The molecular formula is C13H16F3NO3. The van der Waals surface area contributed by atoms with Crippen molar-refractivity contribution in [2.75, 3.05) is 20.3 Å². The molecule has 4 nitrogen and oxygen atoms in total. The minimum Gasteiger partial charge on any atom is -0.497 e. The van der Waals surface area contributed by atoms with Gasteiger partial charge in [0.1, 0.15) is 11.8 Å². The van der Waals surface area contributed by atoms with E-state index in [0.29, 0.717) is 11.3 Å². The Morgan fingerprint density at radius 3 is 2.65 bits per heavy atom. The summed E-state index contributed by atoms with van der Waals surface area (Å²) in [5, 5.41) is 2.16. The molecule has 0 spiro atoms. The van der Waals surface area contributed by atoms with Crippen LogP contribution in [0.25, 0.3) is 0 Å². The highest BCUT2D eigenvalue weighted by Crippen LogP contribution is 2.22. The Morgan fingerprint density at radius 1 is 1.40 bits per heavy atom. The fourth-order valence-corrected chi connectivity index (χ4v) is 1.60. The molecule has 0 fully saturated rings. The van der Waals surface area contributed by atoms with E-state index >= 15 is 0 Å². The molecule has 0 aliphatic rings. The van der Waals surface area contributed by atoms with Gasteiger partial charge in [-0.15, -0.1) is 0 Å². The maximum atomic E-state index is 12.3. The summed E-state index contributed by atoms with van der Waals surface area (Å²) in [5.74, 6) is -0.310. The largest absolute Gasteiger partial charge is 0.497 e. The molecule has 1 atom stereocenters. The normalized spacial score (nSPS) is 12.8. The number of benzene rings is 1. The summed E-state index contributed by atoms with van der Waals surface area (Å²) < 4.78 is 46.6. The Balaban J connectivity index is 2.93. The van der Waals surface area contributed by atoms with Gasteiger partial charge in [0, 0.05) is 0 Å². The number of ether oxygens (including phenoxy) is 2. The molecule has 7 heteroatoms. The van der Waals surface area contributed by atoms with E-state index in [0.717, 1.165) is 0 Å². The molecule has 1 unspecified atom stereocenters. The highest BCUT2D eigenvalue weighted by atomic mass is 19.4. The van der Waals surface area contributed by atoms with Crippen molar-refractivity contribution in [3.8, 4) is 5.75 Å². The molecule has 0 bridgehead atoms. The van der Waals surface area contributed by atoms with Crippen LogP contribution >= 0.6 is 0 Å². The second-order valence-electron chi connectivity index (χ2n) is 3.96. The summed E-state index contributed by atoms with van der Waals surface area (Å²) in [4.78, 5) is 11.8. The van der Waals surface area contributed by atoms with E-state index in [1.54, 1.807) is 19.1 Å². The van der Waals surface area contributed by atoms with Crippen molar-refractivity contribution in [3.05, 3.63) is 29.8 Å². The van der Waals surface area contributed by atoms with E-state index < -0.39 is 24.7 Å². The second kappa shape index (κ2) is 7.14. The fraction of sp³-hybridized carbons (Fsp3) is 0.462. The summed E-state index contributed by atoms with van der Waals surface area (Å²) in [6.07, 6.45) is -4.41. The van der Waals surface area contributed by atoms with Crippen LogP contribution in [0, 0.1) is 0 Å². The lowest BCUT2D eigenvalue weighted by atomic mass is 10.1.